The van der Waals surface area contributed by atoms with Crippen LogP contribution in [0.5, 0.6) is 0 Å². The van der Waals surface area contributed by atoms with Crippen molar-refractivity contribution in [1.82, 2.24) is 0 Å². The highest BCUT2D eigenvalue weighted by Crippen LogP contribution is 2.04. The van der Waals surface area contributed by atoms with Gasteiger partial charge in [0.1, 0.15) is 6.10 Å². The Morgan fingerprint density at radius 2 is 1.05 bits per heavy atom. The minimum atomic E-state index is -0.471. The lowest BCUT2D eigenvalue weighted by Crippen LogP contribution is -2.22. The summed E-state index contributed by atoms with van der Waals surface area (Å²) in [5.74, 6) is 0. The summed E-state index contributed by atoms with van der Waals surface area (Å²) in [7, 11) is 0. The van der Waals surface area contributed by atoms with Gasteiger partial charge in [-0.05, 0) is 12.8 Å². The Hall–Kier alpha value is -0.120. The van der Waals surface area contributed by atoms with E-state index in [1.807, 2.05) is 0 Å². The highest BCUT2D eigenvalue weighted by molar-refractivity contribution is 4.52. The maximum atomic E-state index is 9.68. The highest BCUT2D eigenvalue weighted by Gasteiger charge is 2.04. The van der Waals surface area contributed by atoms with Crippen LogP contribution in [0.25, 0.3) is 0 Å². The van der Waals surface area contributed by atoms with Crippen LogP contribution in [-0.2, 0) is 9.47 Å². The first-order valence-corrected chi connectivity index (χ1v) is 8.64. The van der Waals surface area contributed by atoms with E-state index >= 15 is 0 Å². The molecule has 0 amide bonds. The Morgan fingerprint density at radius 3 is 1.45 bits per heavy atom. The van der Waals surface area contributed by atoms with Crippen LogP contribution in [0, 0.1) is 0 Å². The normalized spacial score (nSPS) is 11.4. The van der Waals surface area contributed by atoms with Gasteiger partial charge in [0.25, 0.3) is 0 Å². The summed E-state index contributed by atoms with van der Waals surface area (Å²) < 4.78 is 10.9. The summed E-state index contributed by atoms with van der Waals surface area (Å²) in [6, 6.07) is 0. The molecular weight excluding hydrogens is 252 g/mol. The molecule has 0 radical (unpaired) electrons. The van der Waals surface area contributed by atoms with Crippen molar-refractivity contribution in [3.05, 3.63) is 0 Å². The van der Waals surface area contributed by atoms with Crippen LogP contribution in [0.1, 0.15) is 78.1 Å². The number of hydrogen-bond donors (Lipinski definition) is 1. The van der Waals surface area contributed by atoms with Crippen molar-refractivity contribution in [2.75, 3.05) is 26.4 Å². The third-order valence-corrected chi connectivity index (χ3v) is 3.40. The van der Waals surface area contributed by atoms with E-state index in [-0.39, 0.29) is 0 Å². The summed E-state index contributed by atoms with van der Waals surface area (Å²) in [4.78, 5) is 0. The molecule has 0 atom stereocenters. The molecule has 3 heteroatoms. The molecule has 0 bridgehead atoms. The van der Waals surface area contributed by atoms with E-state index in [1.165, 1.54) is 51.4 Å². The molecule has 0 fully saturated rings. The van der Waals surface area contributed by atoms with Gasteiger partial charge in [-0.3, -0.25) is 0 Å². The first kappa shape index (κ1) is 19.9. The van der Waals surface area contributed by atoms with Crippen molar-refractivity contribution < 1.29 is 14.6 Å². The molecule has 0 unspecified atom stereocenters. The number of aliphatic hydroxyl groups excluding tert-OH is 1. The van der Waals surface area contributed by atoms with Crippen LogP contribution in [0.3, 0.4) is 0 Å². The molecule has 0 saturated heterocycles. The van der Waals surface area contributed by atoms with Gasteiger partial charge in [-0.2, -0.15) is 0 Å². The molecule has 0 aromatic heterocycles. The highest BCUT2D eigenvalue weighted by atomic mass is 16.5. The first-order valence-electron chi connectivity index (χ1n) is 8.64. The van der Waals surface area contributed by atoms with Gasteiger partial charge in [0.05, 0.1) is 13.2 Å². The van der Waals surface area contributed by atoms with Crippen molar-refractivity contribution in [3.8, 4) is 0 Å². The summed E-state index contributed by atoms with van der Waals surface area (Å²) in [5, 5.41) is 9.68. The summed E-state index contributed by atoms with van der Waals surface area (Å²) >= 11 is 0. The summed E-state index contributed by atoms with van der Waals surface area (Å²) in [6.45, 7) is 6.77. The lowest BCUT2D eigenvalue weighted by Gasteiger charge is -2.12. The van der Waals surface area contributed by atoms with E-state index in [2.05, 4.69) is 13.8 Å². The van der Waals surface area contributed by atoms with E-state index in [4.69, 9.17) is 9.47 Å². The Morgan fingerprint density at radius 1 is 0.650 bits per heavy atom. The first-order chi connectivity index (χ1) is 9.81. The fraction of sp³-hybridized carbons (Fsp3) is 1.00. The molecule has 0 aromatic carbocycles. The van der Waals surface area contributed by atoms with Crippen molar-refractivity contribution in [3.63, 3.8) is 0 Å². The predicted molar refractivity (Wildman–Crippen MR) is 85.2 cm³/mol. The zero-order valence-electron chi connectivity index (χ0n) is 13.7. The van der Waals surface area contributed by atoms with E-state index in [0.29, 0.717) is 13.2 Å². The van der Waals surface area contributed by atoms with Crippen LogP contribution in [0.4, 0.5) is 0 Å². The van der Waals surface area contributed by atoms with Gasteiger partial charge in [0, 0.05) is 13.2 Å². The van der Waals surface area contributed by atoms with Gasteiger partial charge >= 0.3 is 0 Å². The smallest absolute Gasteiger partial charge is 0.101 e. The van der Waals surface area contributed by atoms with Crippen LogP contribution in [-0.4, -0.2) is 37.6 Å². The average Bonchev–Trinajstić information content (AvgIpc) is 2.45. The maximum absolute atomic E-state index is 9.68. The second kappa shape index (κ2) is 16.9. The zero-order valence-corrected chi connectivity index (χ0v) is 13.7. The third kappa shape index (κ3) is 15.9. The SMILES string of the molecule is CCCCCCCOCC(O)COCCCCCCC. The molecule has 0 aliphatic carbocycles. The minimum absolute atomic E-state index is 0.406. The minimum Gasteiger partial charge on any atom is -0.388 e. The Labute approximate surface area is 126 Å². The molecule has 0 aliphatic rings. The number of ether oxygens (including phenoxy) is 2. The quantitative estimate of drug-likeness (QED) is 0.430. The molecule has 1 N–H and O–H groups in total. The van der Waals surface area contributed by atoms with Gasteiger partial charge in [-0.25, -0.2) is 0 Å². The van der Waals surface area contributed by atoms with Gasteiger partial charge in [0.2, 0.25) is 0 Å². The monoisotopic (exact) mass is 288 g/mol. The largest absolute Gasteiger partial charge is 0.388 e. The van der Waals surface area contributed by atoms with Crippen LogP contribution in [0.2, 0.25) is 0 Å². The van der Waals surface area contributed by atoms with Crippen molar-refractivity contribution in [1.29, 1.82) is 0 Å². The number of rotatable bonds is 16. The second-order valence-corrected chi connectivity index (χ2v) is 5.63. The van der Waals surface area contributed by atoms with Gasteiger partial charge in [-0.1, -0.05) is 65.2 Å². The maximum Gasteiger partial charge on any atom is 0.101 e. The van der Waals surface area contributed by atoms with Gasteiger partial charge < -0.3 is 14.6 Å². The predicted octanol–water partition coefficient (Wildman–Crippen LogP) is 4.32. The van der Waals surface area contributed by atoms with E-state index in [1.54, 1.807) is 0 Å². The molecule has 3 nitrogen and oxygen atoms in total. The Kier molecular flexibility index (Phi) is 16.8. The molecule has 122 valence electrons. The topological polar surface area (TPSA) is 38.7 Å². The molecule has 0 rings (SSSR count). The van der Waals surface area contributed by atoms with E-state index in [9.17, 15) is 5.11 Å². The standard InChI is InChI=1S/C17H36O3/c1-3-5-7-9-11-13-19-15-17(18)16-20-14-12-10-8-6-4-2/h17-18H,3-16H2,1-2H3. The molecule has 0 heterocycles. The molecule has 20 heavy (non-hydrogen) atoms. The van der Waals surface area contributed by atoms with Crippen LogP contribution in [0.15, 0.2) is 0 Å². The van der Waals surface area contributed by atoms with Crippen molar-refractivity contribution in [2.24, 2.45) is 0 Å². The number of hydrogen-bond acceptors (Lipinski definition) is 3. The van der Waals surface area contributed by atoms with Gasteiger partial charge in [0.15, 0.2) is 0 Å². The summed E-state index contributed by atoms with van der Waals surface area (Å²) in [6.07, 6.45) is 12.0. The molecule has 0 aromatic rings. The van der Waals surface area contributed by atoms with Gasteiger partial charge in [-0.15, -0.1) is 0 Å². The number of unbranched alkanes of at least 4 members (excludes halogenated alkanes) is 8. The molecule has 0 spiro atoms. The summed E-state index contributed by atoms with van der Waals surface area (Å²) in [5.41, 5.74) is 0. The third-order valence-electron chi connectivity index (χ3n) is 3.40. The lowest BCUT2D eigenvalue weighted by molar-refractivity contribution is -0.0201. The Balaban J connectivity index is 3.11. The molecule has 0 saturated carbocycles. The average molecular weight is 288 g/mol. The van der Waals surface area contributed by atoms with Crippen molar-refractivity contribution >= 4 is 0 Å². The van der Waals surface area contributed by atoms with Crippen LogP contribution >= 0.6 is 0 Å². The fourth-order valence-electron chi connectivity index (χ4n) is 2.10. The fourth-order valence-corrected chi connectivity index (χ4v) is 2.10. The molecular formula is C17H36O3. The zero-order chi connectivity index (χ0) is 14.9. The lowest BCUT2D eigenvalue weighted by atomic mass is 10.2. The van der Waals surface area contributed by atoms with E-state index in [0.717, 1.165) is 26.1 Å². The molecule has 0 aliphatic heterocycles. The van der Waals surface area contributed by atoms with Crippen molar-refractivity contribution in [2.45, 2.75) is 84.2 Å². The number of aliphatic hydroxyl groups is 1. The Bertz CT molecular complexity index is 156. The van der Waals surface area contributed by atoms with E-state index < -0.39 is 6.10 Å². The van der Waals surface area contributed by atoms with Crippen LogP contribution < -0.4 is 0 Å². The second-order valence-electron chi connectivity index (χ2n) is 5.63.